The van der Waals surface area contributed by atoms with E-state index in [1.165, 1.54) is 0 Å². The van der Waals surface area contributed by atoms with Crippen molar-refractivity contribution in [3.8, 4) is 0 Å². The lowest BCUT2D eigenvalue weighted by atomic mass is 9.94. The summed E-state index contributed by atoms with van der Waals surface area (Å²) in [7, 11) is 0. The number of hydrogen-bond donors (Lipinski definition) is 1. The quantitative estimate of drug-likeness (QED) is 0.813. The predicted octanol–water partition coefficient (Wildman–Crippen LogP) is 3.69. The van der Waals surface area contributed by atoms with E-state index in [2.05, 4.69) is 22.5 Å². The van der Waals surface area contributed by atoms with Crippen LogP contribution in [0.1, 0.15) is 25.0 Å². The molecule has 0 spiro atoms. The third kappa shape index (κ3) is 2.69. The number of aliphatic hydroxyl groups is 1. The average molecular weight is 255 g/mol. The van der Waals surface area contributed by atoms with Crippen molar-refractivity contribution in [2.24, 2.45) is 5.92 Å². The highest BCUT2D eigenvalue weighted by Crippen LogP contribution is 2.26. The summed E-state index contributed by atoms with van der Waals surface area (Å²) in [5.74, 6) is 0.129. The van der Waals surface area contributed by atoms with E-state index in [1.54, 1.807) is 0 Å². The lowest BCUT2D eigenvalue weighted by Crippen LogP contribution is -2.08. The molecular weight excluding hydrogens is 240 g/mol. The molecule has 0 aromatic heterocycles. The highest BCUT2D eigenvalue weighted by atomic mass is 79.9. The fraction of sp³-hybridized carbons (Fsp3) is 0.333. The molecule has 76 valence electrons. The summed E-state index contributed by atoms with van der Waals surface area (Å²) in [4.78, 5) is 0. The van der Waals surface area contributed by atoms with E-state index in [9.17, 15) is 5.11 Å². The summed E-state index contributed by atoms with van der Waals surface area (Å²) < 4.78 is 0.993. The molecule has 0 aliphatic carbocycles. The molecule has 0 aliphatic heterocycles. The van der Waals surface area contributed by atoms with Gasteiger partial charge < -0.3 is 5.11 Å². The Morgan fingerprint density at radius 3 is 2.79 bits per heavy atom. The normalized spacial score (nSPS) is 14.8. The number of halogens is 1. The van der Waals surface area contributed by atoms with Gasteiger partial charge in [-0.3, -0.25) is 0 Å². The summed E-state index contributed by atoms with van der Waals surface area (Å²) in [6.07, 6.45) is 2.26. The zero-order valence-corrected chi connectivity index (χ0v) is 9.87. The van der Waals surface area contributed by atoms with E-state index < -0.39 is 6.10 Å². The molecule has 1 nitrogen and oxygen atoms in total. The number of rotatable bonds is 4. The molecule has 0 saturated heterocycles. The Hall–Kier alpha value is -0.600. The van der Waals surface area contributed by atoms with E-state index in [-0.39, 0.29) is 5.92 Å². The Morgan fingerprint density at radius 2 is 2.29 bits per heavy atom. The molecule has 14 heavy (non-hydrogen) atoms. The maximum absolute atomic E-state index is 10.0. The monoisotopic (exact) mass is 254 g/mol. The predicted molar refractivity (Wildman–Crippen MR) is 63.1 cm³/mol. The van der Waals surface area contributed by atoms with Gasteiger partial charge in [0.25, 0.3) is 0 Å². The first-order chi connectivity index (χ1) is 6.69. The molecule has 0 fully saturated rings. The van der Waals surface area contributed by atoms with Gasteiger partial charge in [-0.05, 0) is 24.1 Å². The minimum Gasteiger partial charge on any atom is -0.388 e. The first kappa shape index (κ1) is 11.5. The summed E-state index contributed by atoms with van der Waals surface area (Å²) in [5.41, 5.74) is 0.936. The van der Waals surface area contributed by atoms with E-state index >= 15 is 0 Å². The summed E-state index contributed by atoms with van der Waals surface area (Å²) in [5, 5.41) is 10.0. The van der Waals surface area contributed by atoms with E-state index in [1.807, 2.05) is 37.3 Å². The Balaban J connectivity index is 2.87. The van der Waals surface area contributed by atoms with E-state index in [0.717, 1.165) is 16.5 Å². The van der Waals surface area contributed by atoms with Gasteiger partial charge in [-0.15, -0.1) is 6.58 Å². The number of hydrogen-bond acceptors (Lipinski definition) is 1. The van der Waals surface area contributed by atoms with Crippen LogP contribution in [-0.2, 0) is 0 Å². The van der Waals surface area contributed by atoms with Gasteiger partial charge >= 0.3 is 0 Å². The summed E-state index contributed by atoms with van der Waals surface area (Å²) in [6.45, 7) is 5.78. The van der Waals surface area contributed by atoms with Crippen LogP contribution in [0.25, 0.3) is 0 Å². The van der Waals surface area contributed by atoms with Crippen molar-refractivity contribution in [3.05, 3.63) is 47.0 Å². The standard InChI is InChI=1S/C12H15BrO/c1-3-9(4-2)12(14)10-6-5-7-11(13)8-10/h3,5-9,12,14H,1,4H2,2H3/t9-,12+/m0/s1. The molecule has 0 aliphatic rings. The van der Waals surface area contributed by atoms with Crippen LogP contribution in [0.5, 0.6) is 0 Å². The third-order valence-corrected chi connectivity index (χ3v) is 2.86. The maximum Gasteiger partial charge on any atom is 0.0852 e. The third-order valence-electron chi connectivity index (χ3n) is 2.37. The Kier molecular flexibility index (Phi) is 4.36. The van der Waals surface area contributed by atoms with Gasteiger partial charge in [0.2, 0.25) is 0 Å². The van der Waals surface area contributed by atoms with Crippen molar-refractivity contribution in [1.29, 1.82) is 0 Å². The van der Waals surface area contributed by atoms with Gasteiger partial charge in [0.1, 0.15) is 0 Å². The van der Waals surface area contributed by atoms with Gasteiger partial charge in [-0.2, -0.15) is 0 Å². The second kappa shape index (κ2) is 5.32. The number of benzene rings is 1. The van der Waals surface area contributed by atoms with Crippen molar-refractivity contribution >= 4 is 15.9 Å². The first-order valence-electron chi connectivity index (χ1n) is 4.75. The van der Waals surface area contributed by atoms with Crippen LogP contribution in [-0.4, -0.2) is 5.11 Å². The molecule has 2 heteroatoms. The molecule has 1 aromatic rings. The van der Waals surface area contributed by atoms with Crippen LogP contribution >= 0.6 is 15.9 Å². The minimum absolute atomic E-state index is 0.129. The Labute approximate surface area is 93.6 Å². The van der Waals surface area contributed by atoms with Crippen molar-refractivity contribution < 1.29 is 5.11 Å². The maximum atomic E-state index is 10.0. The Bertz CT molecular complexity index is 309. The highest BCUT2D eigenvalue weighted by Gasteiger charge is 2.15. The van der Waals surface area contributed by atoms with Crippen LogP contribution in [0.15, 0.2) is 41.4 Å². The number of aliphatic hydroxyl groups excluding tert-OH is 1. The van der Waals surface area contributed by atoms with Crippen molar-refractivity contribution in [2.45, 2.75) is 19.4 Å². The SMILES string of the molecule is C=C[C@@H](CC)[C@@H](O)c1cccc(Br)c1. The molecule has 0 unspecified atom stereocenters. The first-order valence-corrected chi connectivity index (χ1v) is 5.54. The molecule has 0 amide bonds. The smallest absolute Gasteiger partial charge is 0.0852 e. The van der Waals surface area contributed by atoms with Gasteiger partial charge in [0, 0.05) is 10.4 Å². The minimum atomic E-state index is -0.449. The van der Waals surface area contributed by atoms with Gasteiger partial charge in [0.05, 0.1) is 6.10 Å². The molecular formula is C12H15BrO. The largest absolute Gasteiger partial charge is 0.388 e. The van der Waals surface area contributed by atoms with Gasteiger partial charge in [-0.1, -0.05) is 41.1 Å². The molecule has 0 radical (unpaired) electrons. The van der Waals surface area contributed by atoms with Gasteiger partial charge in [-0.25, -0.2) is 0 Å². The molecule has 0 heterocycles. The van der Waals surface area contributed by atoms with Crippen LogP contribution in [0.2, 0.25) is 0 Å². The van der Waals surface area contributed by atoms with Crippen molar-refractivity contribution in [3.63, 3.8) is 0 Å². The van der Waals surface area contributed by atoms with Crippen molar-refractivity contribution in [2.75, 3.05) is 0 Å². The molecule has 0 saturated carbocycles. The van der Waals surface area contributed by atoms with Crippen molar-refractivity contribution in [1.82, 2.24) is 0 Å². The van der Waals surface area contributed by atoms with Gasteiger partial charge in [0.15, 0.2) is 0 Å². The van der Waals surface area contributed by atoms with Crippen LogP contribution in [0.3, 0.4) is 0 Å². The second-order valence-electron chi connectivity index (χ2n) is 3.31. The zero-order chi connectivity index (χ0) is 10.6. The molecule has 1 rings (SSSR count). The van der Waals surface area contributed by atoms with Crippen LogP contribution < -0.4 is 0 Å². The van der Waals surface area contributed by atoms with E-state index in [4.69, 9.17) is 0 Å². The summed E-state index contributed by atoms with van der Waals surface area (Å²) >= 11 is 3.39. The fourth-order valence-electron chi connectivity index (χ4n) is 1.46. The zero-order valence-electron chi connectivity index (χ0n) is 8.28. The Morgan fingerprint density at radius 1 is 1.57 bits per heavy atom. The lowest BCUT2D eigenvalue weighted by Gasteiger charge is -2.18. The second-order valence-corrected chi connectivity index (χ2v) is 4.22. The average Bonchev–Trinajstić information content (AvgIpc) is 2.19. The molecule has 1 N–H and O–H groups in total. The highest BCUT2D eigenvalue weighted by molar-refractivity contribution is 9.10. The molecule has 2 atom stereocenters. The van der Waals surface area contributed by atoms with E-state index in [0.29, 0.717) is 0 Å². The lowest BCUT2D eigenvalue weighted by molar-refractivity contribution is 0.129. The molecule has 1 aromatic carbocycles. The topological polar surface area (TPSA) is 20.2 Å². The van der Waals surface area contributed by atoms with Crippen LogP contribution in [0, 0.1) is 5.92 Å². The van der Waals surface area contributed by atoms with Crippen LogP contribution in [0.4, 0.5) is 0 Å². The molecule has 0 bridgehead atoms. The fourth-order valence-corrected chi connectivity index (χ4v) is 1.87. The summed E-state index contributed by atoms with van der Waals surface area (Å²) in [6, 6.07) is 7.75.